The standard InChI is InChI=1S/C12H20N2S/c1-10-4-5-12(15-10)9-14-6-2-3-11(7-13)8-14/h4-5,11H,2-3,6-9,13H2,1H3. The summed E-state index contributed by atoms with van der Waals surface area (Å²) in [5.74, 6) is 0.722. The first-order valence-electron chi connectivity index (χ1n) is 5.75. The summed E-state index contributed by atoms with van der Waals surface area (Å²) in [6.07, 6.45) is 2.63. The molecule has 2 nitrogen and oxygen atoms in total. The molecule has 1 saturated heterocycles. The third-order valence-corrected chi connectivity index (χ3v) is 4.10. The van der Waals surface area contributed by atoms with Crippen molar-refractivity contribution >= 4 is 11.3 Å². The van der Waals surface area contributed by atoms with E-state index >= 15 is 0 Å². The summed E-state index contributed by atoms with van der Waals surface area (Å²) in [4.78, 5) is 5.45. The fourth-order valence-corrected chi connectivity index (χ4v) is 3.21. The molecule has 1 aromatic heterocycles. The molecule has 1 aliphatic rings. The number of thiophene rings is 1. The molecule has 1 atom stereocenters. The van der Waals surface area contributed by atoms with Crippen LogP contribution in [0.15, 0.2) is 12.1 Å². The van der Waals surface area contributed by atoms with Gasteiger partial charge >= 0.3 is 0 Å². The van der Waals surface area contributed by atoms with E-state index in [2.05, 4.69) is 24.0 Å². The highest BCUT2D eigenvalue weighted by atomic mass is 32.1. The van der Waals surface area contributed by atoms with E-state index in [1.807, 2.05) is 11.3 Å². The Kier molecular flexibility index (Phi) is 3.78. The van der Waals surface area contributed by atoms with Crippen LogP contribution < -0.4 is 5.73 Å². The number of likely N-dealkylation sites (tertiary alicyclic amines) is 1. The summed E-state index contributed by atoms with van der Waals surface area (Å²) in [5.41, 5.74) is 5.74. The maximum atomic E-state index is 5.74. The number of hydrogen-bond acceptors (Lipinski definition) is 3. The van der Waals surface area contributed by atoms with Crippen molar-refractivity contribution in [2.75, 3.05) is 19.6 Å². The molecule has 0 aromatic carbocycles. The largest absolute Gasteiger partial charge is 0.330 e. The number of nitrogens with two attached hydrogens (primary N) is 1. The minimum Gasteiger partial charge on any atom is -0.330 e. The molecule has 2 heterocycles. The van der Waals surface area contributed by atoms with Crippen molar-refractivity contribution < 1.29 is 0 Å². The highest BCUT2D eigenvalue weighted by Crippen LogP contribution is 2.21. The topological polar surface area (TPSA) is 29.3 Å². The molecule has 1 unspecified atom stereocenters. The van der Waals surface area contributed by atoms with Crippen LogP contribution in [0.4, 0.5) is 0 Å². The number of rotatable bonds is 3. The number of aryl methyl sites for hydroxylation is 1. The van der Waals surface area contributed by atoms with E-state index in [0.29, 0.717) is 0 Å². The van der Waals surface area contributed by atoms with Crippen molar-refractivity contribution in [3.63, 3.8) is 0 Å². The quantitative estimate of drug-likeness (QED) is 0.853. The third kappa shape index (κ3) is 3.03. The van der Waals surface area contributed by atoms with Crippen LogP contribution >= 0.6 is 11.3 Å². The summed E-state index contributed by atoms with van der Waals surface area (Å²) in [5, 5.41) is 0. The van der Waals surface area contributed by atoms with Gasteiger partial charge < -0.3 is 5.73 Å². The number of nitrogens with zero attached hydrogens (tertiary/aromatic N) is 1. The fourth-order valence-electron chi connectivity index (χ4n) is 2.28. The van der Waals surface area contributed by atoms with Gasteiger partial charge in [-0.3, -0.25) is 4.90 Å². The van der Waals surface area contributed by atoms with E-state index in [9.17, 15) is 0 Å². The molecule has 15 heavy (non-hydrogen) atoms. The maximum absolute atomic E-state index is 5.74. The second kappa shape index (κ2) is 5.10. The van der Waals surface area contributed by atoms with Crippen LogP contribution in [-0.4, -0.2) is 24.5 Å². The van der Waals surface area contributed by atoms with Crippen molar-refractivity contribution in [1.82, 2.24) is 4.90 Å². The zero-order valence-electron chi connectivity index (χ0n) is 9.41. The van der Waals surface area contributed by atoms with Crippen LogP contribution in [0.25, 0.3) is 0 Å². The van der Waals surface area contributed by atoms with Crippen LogP contribution in [0.5, 0.6) is 0 Å². The molecule has 1 fully saturated rings. The van der Waals surface area contributed by atoms with Gasteiger partial charge in [-0.05, 0) is 50.9 Å². The Labute approximate surface area is 96.1 Å². The SMILES string of the molecule is Cc1ccc(CN2CCCC(CN)C2)s1. The molecule has 0 radical (unpaired) electrons. The van der Waals surface area contributed by atoms with Gasteiger partial charge in [0.1, 0.15) is 0 Å². The van der Waals surface area contributed by atoms with Crippen LogP contribution in [0, 0.1) is 12.8 Å². The van der Waals surface area contributed by atoms with Crippen molar-refractivity contribution in [2.45, 2.75) is 26.3 Å². The minimum atomic E-state index is 0.722. The van der Waals surface area contributed by atoms with Gasteiger partial charge in [-0.1, -0.05) is 0 Å². The minimum absolute atomic E-state index is 0.722. The van der Waals surface area contributed by atoms with Crippen LogP contribution in [-0.2, 0) is 6.54 Å². The third-order valence-electron chi connectivity index (χ3n) is 3.11. The van der Waals surface area contributed by atoms with Crippen molar-refractivity contribution in [3.8, 4) is 0 Å². The monoisotopic (exact) mass is 224 g/mol. The summed E-state index contributed by atoms with van der Waals surface area (Å²) in [6, 6.07) is 4.47. The molecule has 0 aliphatic carbocycles. The molecule has 0 spiro atoms. The van der Waals surface area contributed by atoms with Crippen LogP contribution in [0.1, 0.15) is 22.6 Å². The second-order valence-corrected chi connectivity index (χ2v) is 5.86. The number of hydrogen-bond donors (Lipinski definition) is 1. The predicted octanol–water partition coefficient (Wildman–Crippen LogP) is 2.23. The second-order valence-electron chi connectivity index (χ2n) is 4.49. The first-order valence-corrected chi connectivity index (χ1v) is 6.57. The lowest BCUT2D eigenvalue weighted by Gasteiger charge is -2.31. The summed E-state index contributed by atoms with van der Waals surface area (Å²) in [7, 11) is 0. The molecule has 2 N–H and O–H groups in total. The van der Waals surface area contributed by atoms with E-state index in [1.54, 1.807) is 0 Å². The summed E-state index contributed by atoms with van der Waals surface area (Å²) in [6.45, 7) is 6.57. The van der Waals surface area contributed by atoms with Gasteiger partial charge in [0.25, 0.3) is 0 Å². The highest BCUT2D eigenvalue weighted by molar-refractivity contribution is 7.11. The average molecular weight is 224 g/mol. The van der Waals surface area contributed by atoms with Crippen molar-refractivity contribution in [2.24, 2.45) is 11.7 Å². The normalized spacial score (nSPS) is 23.2. The Morgan fingerprint density at radius 3 is 3.07 bits per heavy atom. The summed E-state index contributed by atoms with van der Waals surface area (Å²) < 4.78 is 0. The Morgan fingerprint density at radius 2 is 2.40 bits per heavy atom. The molecule has 1 aromatic rings. The van der Waals surface area contributed by atoms with Gasteiger partial charge in [-0.2, -0.15) is 0 Å². The molecule has 0 saturated carbocycles. The van der Waals surface area contributed by atoms with Gasteiger partial charge in [0.15, 0.2) is 0 Å². The molecule has 0 bridgehead atoms. The molecule has 84 valence electrons. The Bertz CT molecular complexity index is 308. The zero-order chi connectivity index (χ0) is 10.7. The van der Waals surface area contributed by atoms with E-state index in [1.165, 1.54) is 35.7 Å². The van der Waals surface area contributed by atoms with Gasteiger partial charge in [-0.15, -0.1) is 11.3 Å². The molecule has 0 amide bonds. The molecule has 2 rings (SSSR count). The Morgan fingerprint density at radius 1 is 1.53 bits per heavy atom. The predicted molar refractivity (Wildman–Crippen MR) is 66.1 cm³/mol. The van der Waals surface area contributed by atoms with E-state index in [-0.39, 0.29) is 0 Å². The van der Waals surface area contributed by atoms with E-state index in [4.69, 9.17) is 5.73 Å². The highest BCUT2D eigenvalue weighted by Gasteiger charge is 2.18. The average Bonchev–Trinajstić information content (AvgIpc) is 2.64. The first-order chi connectivity index (χ1) is 7.28. The smallest absolute Gasteiger partial charge is 0.0328 e. The van der Waals surface area contributed by atoms with Gasteiger partial charge in [0.05, 0.1) is 0 Å². The van der Waals surface area contributed by atoms with Gasteiger partial charge in [0, 0.05) is 22.8 Å². The lowest BCUT2D eigenvalue weighted by molar-refractivity contribution is 0.172. The van der Waals surface area contributed by atoms with Crippen LogP contribution in [0.3, 0.4) is 0 Å². The maximum Gasteiger partial charge on any atom is 0.0328 e. The van der Waals surface area contributed by atoms with Crippen molar-refractivity contribution in [3.05, 3.63) is 21.9 Å². The molecular formula is C12H20N2S. The Balaban J connectivity index is 1.88. The Hall–Kier alpha value is -0.380. The molecule has 1 aliphatic heterocycles. The fraction of sp³-hybridized carbons (Fsp3) is 0.667. The zero-order valence-corrected chi connectivity index (χ0v) is 10.2. The first kappa shape index (κ1) is 11.1. The lowest BCUT2D eigenvalue weighted by atomic mass is 9.98. The van der Waals surface area contributed by atoms with Gasteiger partial charge in [0.2, 0.25) is 0 Å². The van der Waals surface area contributed by atoms with E-state index < -0.39 is 0 Å². The molecular weight excluding hydrogens is 204 g/mol. The van der Waals surface area contributed by atoms with E-state index in [0.717, 1.165) is 19.0 Å². The lowest BCUT2D eigenvalue weighted by Crippen LogP contribution is -2.37. The molecule has 3 heteroatoms. The van der Waals surface area contributed by atoms with Gasteiger partial charge in [-0.25, -0.2) is 0 Å². The van der Waals surface area contributed by atoms with Crippen LogP contribution in [0.2, 0.25) is 0 Å². The number of piperidine rings is 1. The van der Waals surface area contributed by atoms with Crippen molar-refractivity contribution in [1.29, 1.82) is 0 Å². The summed E-state index contributed by atoms with van der Waals surface area (Å²) >= 11 is 1.92.